The number of carbonyl (C=O) groups is 1. The smallest absolute Gasteiger partial charge is 0.323 e. The molecule has 0 radical (unpaired) electrons. The highest BCUT2D eigenvalue weighted by Gasteiger charge is 2.18. The summed E-state index contributed by atoms with van der Waals surface area (Å²) in [6.45, 7) is 1.59. The van der Waals surface area contributed by atoms with Crippen molar-refractivity contribution in [2.45, 2.75) is 12.8 Å². The number of nitrogens with one attached hydrogen (secondary N) is 1. The molecular formula is C12H12FN3OS. The summed E-state index contributed by atoms with van der Waals surface area (Å²) in [6, 6.07) is 4.30. The van der Waals surface area contributed by atoms with Crippen molar-refractivity contribution in [3.8, 4) is 0 Å². The maximum absolute atomic E-state index is 13.0. The van der Waals surface area contributed by atoms with Crippen molar-refractivity contribution in [2.24, 2.45) is 0 Å². The Morgan fingerprint density at radius 1 is 1.39 bits per heavy atom. The molecule has 2 heterocycles. The van der Waals surface area contributed by atoms with Crippen LogP contribution < -0.4 is 5.32 Å². The van der Waals surface area contributed by atoms with Crippen molar-refractivity contribution in [1.29, 1.82) is 0 Å². The van der Waals surface area contributed by atoms with Gasteiger partial charge in [0.15, 0.2) is 5.13 Å². The van der Waals surface area contributed by atoms with E-state index >= 15 is 0 Å². The Bertz CT molecular complexity index is 592. The minimum absolute atomic E-state index is 0.118. The van der Waals surface area contributed by atoms with Crippen LogP contribution in [-0.2, 0) is 0 Å². The van der Waals surface area contributed by atoms with Gasteiger partial charge in [-0.05, 0) is 31.0 Å². The van der Waals surface area contributed by atoms with Gasteiger partial charge in [0.25, 0.3) is 0 Å². The lowest BCUT2D eigenvalue weighted by Gasteiger charge is -2.14. The highest BCUT2D eigenvalue weighted by Crippen LogP contribution is 2.26. The van der Waals surface area contributed by atoms with Gasteiger partial charge in [-0.1, -0.05) is 11.3 Å². The number of hydrogen-bond acceptors (Lipinski definition) is 3. The van der Waals surface area contributed by atoms with Crippen LogP contribution in [0, 0.1) is 5.82 Å². The molecule has 1 aliphatic rings. The fraction of sp³-hybridized carbons (Fsp3) is 0.333. The number of urea groups is 1. The van der Waals surface area contributed by atoms with Gasteiger partial charge in [0.1, 0.15) is 5.82 Å². The number of likely N-dealkylation sites (tertiary alicyclic amines) is 1. The zero-order valence-corrected chi connectivity index (χ0v) is 10.5. The molecule has 1 aliphatic heterocycles. The first kappa shape index (κ1) is 11.4. The molecule has 1 N–H and O–H groups in total. The lowest BCUT2D eigenvalue weighted by Crippen LogP contribution is -2.32. The van der Waals surface area contributed by atoms with E-state index in [1.54, 1.807) is 11.0 Å². The van der Waals surface area contributed by atoms with Crippen molar-refractivity contribution in [3.05, 3.63) is 24.0 Å². The van der Waals surface area contributed by atoms with E-state index in [9.17, 15) is 9.18 Å². The van der Waals surface area contributed by atoms with E-state index in [4.69, 9.17) is 0 Å². The number of nitrogens with zero attached hydrogens (tertiary/aromatic N) is 2. The largest absolute Gasteiger partial charge is 0.324 e. The van der Waals surface area contributed by atoms with Gasteiger partial charge in [0.05, 0.1) is 10.2 Å². The van der Waals surface area contributed by atoms with Crippen LogP contribution in [0.2, 0.25) is 0 Å². The molecule has 1 fully saturated rings. The molecule has 2 aromatic rings. The first-order valence-electron chi connectivity index (χ1n) is 5.84. The molecule has 1 saturated heterocycles. The Morgan fingerprint density at radius 3 is 2.94 bits per heavy atom. The van der Waals surface area contributed by atoms with Crippen LogP contribution in [0.25, 0.3) is 10.2 Å². The molecule has 1 aromatic carbocycles. The number of thiazole rings is 1. The Hall–Kier alpha value is -1.69. The summed E-state index contributed by atoms with van der Waals surface area (Å²) in [6.07, 6.45) is 2.11. The SMILES string of the molecule is O=C(Nc1nc2ccc(F)cc2s1)N1CCCC1. The highest BCUT2D eigenvalue weighted by atomic mass is 32.1. The third kappa shape index (κ3) is 2.15. The van der Waals surface area contributed by atoms with Gasteiger partial charge < -0.3 is 4.90 Å². The average molecular weight is 265 g/mol. The molecule has 3 rings (SSSR count). The molecule has 0 saturated carbocycles. The first-order chi connectivity index (χ1) is 8.72. The van der Waals surface area contributed by atoms with Gasteiger partial charge in [-0.25, -0.2) is 14.2 Å². The van der Waals surface area contributed by atoms with Crippen LogP contribution in [0.3, 0.4) is 0 Å². The van der Waals surface area contributed by atoms with E-state index in [-0.39, 0.29) is 11.8 Å². The predicted molar refractivity (Wildman–Crippen MR) is 69.4 cm³/mol. The fourth-order valence-electron chi connectivity index (χ4n) is 2.04. The number of amides is 2. The monoisotopic (exact) mass is 265 g/mol. The third-order valence-corrected chi connectivity index (χ3v) is 3.89. The van der Waals surface area contributed by atoms with Crippen molar-refractivity contribution in [3.63, 3.8) is 0 Å². The van der Waals surface area contributed by atoms with Gasteiger partial charge in [-0.15, -0.1) is 0 Å². The Kier molecular flexibility index (Phi) is 2.87. The third-order valence-electron chi connectivity index (χ3n) is 2.96. The van der Waals surface area contributed by atoms with E-state index < -0.39 is 0 Å². The van der Waals surface area contributed by atoms with Crippen LogP contribution in [0.15, 0.2) is 18.2 Å². The molecule has 0 spiro atoms. The molecule has 0 aliphatic carbocycles. The summed E-state index contributed by atoms with van der Waals surface area (Å²) in [5, 5.41) is 3.29. The van der Waals surface area contributed by atoms with Crippen molar-refractivity contribution in [1.82, 2.24) is 9.88 Å². The molecule has 6 heteroatoms. The van der Waals surface area contributed by atoms with Crippen LogP contribution in [0.4, 0.5) is 14.3 Å². The quantitative estimate of drug-likeness (QED) is 0.861. The molecule has 4 nitrogen and oxygen atoms in total. The predicted octanol–water partition coefficient (Wildman–Crippen LogP) is 3.06. The number of benzene rings is 1. The summed E-state index contributed by atoms with van der Waals surface area (Å²) in [5.41, 5.74) is 0.707. The number of rotatable bonds is 1. The number of aromatic nitrogens is 1. The van der Waals surface area contributed by atoms with Crippen molar-refractivity contribution < 1.29 is 9.18 Å². The van der Waals surface area contributed by atoms with E-state index in [2.05, 4.69) is 10.3 Å². The molecule has 94 valence electrons. The van der Waals surface area contributed by atoms with Gasteiger partial charge >= 0.3 is 6.03 Å². The maximum Gasteiger partial charge on any atom is 0.323 e. The fourth-order valence-corrected chi connectivity index (χ4v) is 2.92. The standard InChI is InChI=1S/C12H12FN3OS/c13-8-3-4-9-10(7-8)18-11(14-9)15-12(17)16-5-1-2-6-16/h3-4,7H,1-2,5-6H2,(H,14,15,17). The number of fused-ring (bicyclic) bond motifs is 1. The van der Waals surface area contributed by atoms with E-state index in [0.717, 1.165) is 30.6 Å². The summed E-state index contributed by atoms with van der Waals surface area (Å²) >= 11 is 1.29. The van der Waals surface area contributed by atoms with Gasteiger partial charge in [-0.3, -0.25) is 5.32 Å². The lowest BCUT2D eigenvalue weighted by molar-refractivity contribution is 0.222. The van der Waals surface area contributed by atoms with Gasteiger partial charge in [0.2, 0.25) is 0 Å². The van der Waals surface area contributed by atoms with Crippen LogP contribution in [0.5, 0.6) is 0 Å². The molecule has 0 atom stereocenters. The second-order valence-electron chi connectivity index (χ2n) is 4.26. The summed E-state index contributed by atoms with van der Waals surface area (Å²) in [4.78, 5) is 17.9. The van der Waals surface area contributed by atoms with E-state index in [1.165, 1.54) is 23.5 Å². The van der Waals surface area contributed by atoms with Gasteiger partial charge in [0, 0.05) is 13.1 Å². The molecule has 1 aromatic heterocycles. The van der Waals surface area contributed by atoms with E-state index in [0.29, 0.717) is 10.6 Å². The first-order valence-corrected chi connectivity index (χ1v) is 6.66. The molecule has 0 bridgehead atoms. The highest BCUT2D eigenvalue weighted by molar-refractivity contribution is 7.22. The van der Waals surface area contributed by atoms with E-state index in [1.807, 2.05) is 0 Å². The van der Waals surface area contributed by atoms with Crippen LogP contribution in [0.1, 0.15) is 12.8 Å². The molecular weight excluding hydrogens is 253 g/mol. The lowest BCUT2D eigenvalue weighted by atomic mass is 10.3. The van der Waals surface area contributed by atoms with Gasteiger partial charge in [-0.2, -0.15) is 0 Å². The minimum atomic E-state index is -0.288. The Morgan fingerprint density at radius 2 is 2.17 bits per heavy atom. The molecule has 2 amide bonds. The zero-order valence-electron chi connectivity index (χ0n) is 9.65. The summed E-state index contributed by atoms with van der Waals surface area (Å²) < 4.78 is 13.8. The second-order valence-corrected chi connectivity index (χ2v) is 5.29. The van der Waals surface area contributed by atoms with Crippen molar-refractivity contribution >= 4 is 32.7 Å². The number of hydrogen-bond donors (Lipinski definition) is 1. The minimum Gasteiger partial charge on any atom is -0.324 e. The summed E-state index contributed by atoms with van der Waals surface area (Å²) in [5.74, 6) is -0.288. The molecule has 18 heavy (non-hydrogen) atoms. The van der Waals surface area contributed by atoms with Crippen LogP contribution >= 0.6 is 11.3 Å². The Labute approximate surface area is 107 Å². The van der Waals surface area contributed by atoms with Crippen molar-refractivity contribution in [2.75, 3.05) is 18.4 Å². The zero-order chi connectivity index (χ0) is 12.5. The number of carbonyl (C=O) groups excluding carboxylic acids is 1. The topological polar surface area (TPSA) is 45.2 Å². The Balaban J connectivity index is 1.79. The summed E-state index contributed by atoms with van der Waals surface area (Å²) in [7, 11) is 0. The molecule has 0 unspecified atom stereocenters. The number of halogens is 1. The average Bonchev–Trinajstić information content (AvgIpc) is 2.95. The maximum atomic E-state index is 13.0. The normalized spacial score (nSPS) is 15.3. The van der Waals surface area contributed by atoms with Crippen LogP contribution in [-0.4, -0.2) is 29.0 Å². The second kappa shape index (κ2) is 4.53. The number of anilines is 1.